The Morgan fingerprint density at radius 2 is 2.06 bits per heavy atom. The van der Waals surface area contributed by atoms with E-state index in [9.17, 15) is 0 Å². The minimum atomic E-state index is 0.784. The first kappa shape index (κ1) is 12.1. The predicted molar refractivity (Wildman–Crippen MR) is 69.2 cm³/mol. The molecule has 1 aromatic heterocycles. The van der Waals surface area contributed by atoms with Crippen molar-refractivity contribution in [1.29, 1.82) is 0 Å². The van der Waals surface area contributed by atoms with Crippen LogP contribution in [0.15, 0.2) is 6.33 Å². The van der Waals surface area contributed by atoms with Gasteiger partial charge in [-0.3, -0.25) is 9.80 Å². The van der Waals surface area contributed by atoms with E-state index in [0.717, 1.165) is 38.0 Å². The van der Waals surface area contributed by atoms with Crippen LogP contribution in [0.2, 0.25) is 0 Å². The summed E-state index contributed by atoms with van der Waals surface area (Å²) in [6.45, 7) is 11.0. The summed E-state index contributed by atoms with van der Waals surface area (Å²) in [4.78, 5) is 9.44. The molecule has 6 heteroatoms. The van der Waals surface area contributed by atoms with Gasteiger partial charge in [-0.2, -0.15) is 5.10 Å². The molecule has 2 saturated heterocycles. The smallest absolute Gasteiger partial charge is 0.140 e. The Morgan fingerprint density at radius 1 is 1.28 bits per heavy atom. The van der Waals surface area contributed by atoms with Crippen LogP contribution in [-0.2, 0) is 13.1 Å². The van der Waals surface area contributed by atoms with Gasteiger partial charge in [0.2, 0.25) is 0 Å². The van der Waals surface area contributed by atoms with Gasteiger partial charge in [-0.25, -0.2) is 9.67 Å². The minimum absolute atomic E-state index is 0.784. The van der Waals surface area contributed by atoms with Crippen LogP contribution in [0.4, 0.5) is 0 Å². The summed E-state index contributed by atoms with van der Waals surface area (Å²) < 4.78 is 1.99. The molecule has 18 heavy (non-hydrogen) atoms. The zero-order chi connectivity index (χ0) is 12.4. The number of nitrogens with zero attached hydrogens (tertiary/aromatic N) is 5. The van der Waals surface area contributed by atoms with Crippen molar-refractivity contribution >= 4 is 0 Å². The molecule has 0 aliphatic carbocycles. The molecular weight excluding hydrogens is 228 g/mol. The van der Waals surface area contributed by atoms with Crippen LogP contribution in [0.5, 0.6) is 0 Å². The van der Waals surface area contributed by atoms with E-state index >= 15 is 0 Å². The Bertz CT molecular complexity index is 378. The highest BCUT2D eigenvalue weighted by molar-refractivity contribution is 4.90. The number of hydrogen-bond acceptors (Lipinski definition) is 5. The highest BCUT2D eigenvalue weighted by Gasteiger charge is 2.27. The SMILES string of the molecule is CCn1ncnc1CN1CCN(C2CNC2)CC1. The Morgan fingerprint density at radius 3 is 2.67 bits per heavy atom. The fraction of sp³-hybridized carbons (Fsp3) is 0.833. The number of piperazine rings is 1. The number of rotatable bonds is 4. The van der Waals surface area contributed by atoms with Crippen LogP contribution >= 0.6 is 0 Å². The molecule has 6 nitrogen and oxygen atoms in total. The summed E-state index contributed by atoms with van der Waals surface area (Å²) in [5, 5.41) is 7.57. The molecule has 2 aliphatic heterocycles. The lowest BCUT2D eigenvalue weighted by Crippen LogP contribution is -2.61. The van der Waals surface area contributed by atoms with Crippen molar-refractivity contribution in [1.82, 2.24) is 29.9 Å². The van der Waals surface area contributed by atoms with Crippen molar-refractivity contribution in [2.45, 2.75) is 26.1 Å². The molecule has 1 aromatic rings. The average molecular weight is 250 g/mol. The summed E-state index contributed by atoms with van der Waals surface area (Å²) in [5.74, 6) is 1.09. The van der Waals surface area contributed by atoms with E-state index < -0.39 is 0 Å². The summed E-state index contributed by atoms with van der Waals surface area (Å²) in [6.07, 6.45) is 1.66. The predicted octanol–water partition coefficient (Wildman–Crippen LogP) is -0.613. The minimum Gasteiger partial charge on any atom is -0.314 e. The van der Waals surface area contributed by atoms with Crippen molar-refractivity contribution in [3.63, 3.8) is 0 Å². The van der Waals surface area contributed by atoms with Gasteiger partial charge in [0.25, 0.3) is 0 Å². The normalized spacial score (nSPS) is 23.2. The molecular formula is C12H22N6. The zero-order valence-corrected chi connectivity index (χ0v) is 11.0. The van der Waals surface area contributed by atoms with E-state index in [-0.39, 0.29) is 0 Å². The zero-order valence-electron chi connectivity index (χ0n) is 11.0. The van der Waals surface area contributed by atoms with Gasteiger partial charge in [0.15, 0.2) is 0 Å². The molecule has 0 saturated carbocycles. The van der Waals surface area contributed by atoms with Gasteiger partial charge in [0.05, 0.1) is 6.54 Å². The molecule has 2 aliphatic rings. The lowest BCUT2D eigenvalue weighted by atomic mass is 10.1. The molecule has 0 unspecified atom stereocenters. The molecule has 3 heterocycles. The number of nitrogens with one attached hydrogen (secondary N) is 1. The second-order valence-electron chi connectivity index (χ2n) is 5.12. The van der Waals surface area contributed by atoms with Crippen molar-refractivity contribution < 1.29 is 0 Å². The lowest BCUT2D eigenvalue weighted by molar-refractivity contribution is 0.0678. The van der Waals surface area contributed by atoms with E-state index in [1.165, 1.54) is 26.2 Å². The monoisotopic (exact) mass is 250 g/mol. The van der Waals surface area contributed by atoms with Crippen LogP contribution in [0.25, 0.3) is 0 Å². The summed E-state index contributed by atoms with van der Waals surface area (Å²) in [5.41, 5.74) is 0. The molecule has 0 radical (unpaired) electrons. The van der Waals surface area contributed by atoms with E-state index in [1.807, 2.05) is 4.68 Å². The van der Waals surface area contributed by atoms with Crippen LogP contribution in [0.1, 0.15) is 12.7 Å². The van der Waals surface area contributed by atoms with Gasteiger partial charge < -0.3 is 5.32 Å². The van der Waals surface area contributed by atoms with Gasteiger partial charge >= 0.3 is 0 Å². The second kappa shape index (κ2) is 5.34. The molecule has 0 amide bonds. The van der Waals surface area contributed by atoms with Crippen molar-refractivity contribution in [2.24, 2.45) is 0 Å². The van der Waals surface area contributed by atoms with Gasteiger partial charge in [-0.15, -0.1) is 0 Å². The van der Waals surface area contributed by atoms with Crippen LogP contribution < -0.4 is 5.32 Å². The third kappa shape index (κ3) is 2.41. The third-order valence-corrected chi connectivity index (χ3v) is 4.04. The molecule has 0 spiro atoms. The number of aryl methyl sites for hydroxylation is 1. The lowest BCUT2D eigenvalue weighted by Gasteiger charge is -2.43. The highest BCUT2D eigenvalue weighted by Crippen LogP contribution is 2.11. The Hall–Kier alpha value is -0.980. The van der Waals surface area contributed by atoms with Crippen molar-refractivity contribution in [3.05, 3.63) is 12.2 Å². The van der Waals surface area contributed by atoms with E-state index in [1.54, 1.807) is 6.33 Å². The Labute approximate surface area is 108 Å². The molecule has 3 rings (SSSR count). The first-order valence-electron chi connectivity index (χ1n) is 6.90. The van der Waals surface area contributed by atoms with Crippen LogP contribution in [0.3, 0.4) is 0 Å². The maximum absolute atomic E-state index is 4.35. The van der Waals surface area contributed by atoms with Crippen molar-refractivity contribution in [2.75, 3.05) is 39.3 Å². The largest absolute Gasteiger partial charge is 0.314 e. The van der Waals surface area contributed by atoms with Gasteiger partial charge in [-0.1, -0.05) is 0 Å². The van der Waals surface area contributed by atoms with E-state index in [0.29, 0.717) is 0 Å². The molecule has 2 fully saturated rings. The maximum Gasteiger partial charge on any atom is 0.140 e. The fourth-order valence-corrected chi connectivity index (χ4v) is 2.69. The quantitative estimate of drug-likeness (QED) is 0.772. The number of hydrogen-bond donors (Lipinski definition) is 1. The molecule has 0 atom stereocenters. The molecule has 0 aromatic carbocycles. The molecule has 0 bridgehead atoms. The Kier molecular flexibility index (Phi) is 3.58. The maximum atomic E-state index is 4.35. The van der Waals surface area contributed by atoms with Crippen molar-refractivity contribution in [3.8, 4) is 0 Å². The summed E-state index contributed by atoms with van der Waals surface area (Å²) in [6, 6.07) is 0.784. The van der Waals surface area contributed by atoms with Crippen LogP contribution in [0, 0.1) is 0 Å². The first-order valence-corrected chi connectivity index (χ1v) is 6.90. The standard InChI is InChI=1S/C12H22N6/c1-2-18-12(14-10-15-18)9-16-3-5-17(6-4-16)11-7-13-8-11/h10-11,13H,2-9H2,1H3. The highest BCUT2D eigenvalue weighted by atomic mass is 15.4. The van der Waals surface area contributed by atoms with E-state index in [2.05, 4.69) is 32.1 Å². The van der Waals surface area contributed by atoms with E-state index in [4.69, 9.17) is 0 Å². The summed E-state index contributed by atoms with van der Waals surface area (Å²) in [7, 11) is 0. The topological polar surface area (TPSA) is 49.2 Å². The first-order chi connectivity index (χ1) is 8.86. The van der Waals surface area contributed by atoms with Crippen LogP contribution in [-0.4, -0.2) is 69.9 Å². The second-order valence-corrected chi connectivity index (χ2v) is 5.12. The van der Waals surface area contributed by atoms with Gasteiger partial charge in [-0.05, 0) is 6.92 Å². The van der Waals surface area contributed by atoms with Gasteiger partial charge in [0, 0.05) is 51.9 Å². The Balaban J connectivity index is 1.50. The number of aromatic nitrogens is 3. The molecule has 100 valence electrons. The summed E-state index contributed by atoms with van der Waals surface area (Å²) >= 11 is 0. The average Bonchev–Trinajstić information content (AvgIpc) is 2.77. The fourth-order valence-electron chi connectivity index (χ4n) is 2.69. The van der Waals surface area contributed by atoms with Gasteiger partial charge in [0.1, 0.15) is 12.2 Å². The third-order valence-electron chi connectivity index (χ3n) is 4.04. The molecule has 1 N–H and O–H groups in total.